The van der Waals surface area contributed by atoms with E-state index < -0.39 is 5.25 Å². The van der Waals surface area contributed by atoms with E-state index in [4.69, 9.17) is 0 Å². The number of hydrogen-bond acceptors (Lipinski definition) is 3. The van der Waals surface area contributed by atoms with Gasteiger partial charge in [0.1, 0.15) is 0 Å². The fourth-order valence-corrected chi connectivity index (χ4v) is 1.90. The monoisotopic (exact) mass is 294 g/mol. The first-order valence-electron chi connectivity index (χ1n) is 6.75. The molecule has 0 aromatic heterocycles. The van der Waals surface area contributed by atoms with Crippen LogP contribution in [0.5, 0.6) is 0 Å². The molecular weight excluding hydrogens is 272 g/mol. The van der Waals surface area contributed by atoms with Crippen molar-refractivity contribution in [1.82, 2.24) is 10.6 Å². The predicted octanol–water partition coefficient (Wildman–Crippen LogP) is 1.42. The first-order chi connectivity index (χ1) is 9.49. The van der Waals surface area contributed by atoms with E-state index in [-0.39, 0.29) is 18.4 Å². The zero-order valence-corrected chi connectivity index (χ0v) is 12.8. The summed E-state index contributed by atoms with van der Waals surface area (Å²) in [5.74, 6) is -0.00506. The van der Waals surface area contributed by atoms with Crippen LogP contribution in [0.15, 0.2) is 30.3 Å². The van der Waals surface area contributed by atoms with Gasteiger partial charge in [-0.1, -0.05) is 44.2 Å². The molecule has 0 spiro atoms. The maximum absolute atomic E-state index is 11.8. The molecule has 0 saturated heterocycles. The van der Waals surface area contributed by atoms with Crippen LogP contribution in [-0.4, -0.2) is 30.2 Å². The summed E-state index contributed by atoms with van der Waals surface area (Å²) in [7, 11) is 0. The van der Waals surface area contributed by atoms with Crippen LogP contribution >= 0.6 is 12.6 Å². The number of carbonyl (C=O) groups excluding carboxylic acids is 2. The van der Waals surface area contributed by atoms with Gasteiger partial charge in [0.25, 0.3) is 0 Å². The van der Waals surface area contributed by atoms with Gasteiger partial charge in [-0.05, 0) is 17.9 Å². The van der Waals surface area contributed by atoms with Crippen molar-refractivity contribution in [2.45, 2.75) is 25.5 Å². The molecule has 0 aliphatic rings. The molecule has 1 aromatic carbocycles. The van der Waals surface area contributed by atoms with E-state index in [0.717, 1.165) is 5.56 Å². The van der Waals surface area contributed by atoms with E-state index in [1.54, 1.807) is 0 Å². The number of thiol groups is 1. The van der Waals surface area contributed by atoms with E-state index in [1.165, 1.54) is 0 Å². The molecule has 20 heavy (non-hydrogen) atoms. The summed E-state index contributed by atoms with van der Waals surface area (Å²) in [5.41, 5.74) is 1.05. The molecule has 110 valence electrons. The fourth-order valence-electron chi connectivity index (χ4n) is 1.60. The lowest BCUT2D eigenvalue weighted by Crippen LogP contribution is -2.41. The third kappa shape index (κ3) is 6.61. The maximum atomic E-state index is 11.8. The largest absolute Gasteiger partial charge is 0.354 e. The molecule has 1 rings (SSSR count). The highest BCUT2D eigenvalue weighted by atomic mass is 32.1. The average molecular weight is 294 g/mol. The summed E-state index contributed by atoms with van der Waals surface area (Å²) in [4.78, 5) is 23.3. The van der Waals surface area contributed by atoms with Gasteiger partial charge in [-0.2, -0.15) is 12.6 Å². The number of amides is 2. The van der Waals surface area contributed by atoms with Crippen LogP contribution in [0.1, 0.15) is 19.4 Å². The van der Waals surface area contributed by atoms with Crippen LogP contribution in [0.25, 0.3) is 0 Å². The molecule has 2 N–H and O–H groups in total. The smallest absolute Gasteiger partial charge is 0.239 e. The van der Waals surface area contributed by atoms with Crippen molar-refractivity contribution in [1.29, 1.82) is 0 Å². The van der Waals surface area contributed by atoms with Gasteiger partial charge in [-0.15, -0.1) is 0 Å². The Labute approximate surface area is 125 Å². The summed E-state index contributed by atoms with van der Waals surface area (Å²) >= 11 is 4.28. The summed E-state index contributed by atoms with van der Waals surface area (Å²) in [6.07, 6.45) is 0.545. The van der Waals surface area contributed by atoms with E-state index >= 15 is 0 Å². The van der Waals surface area contributed by atoms with Crippen molar-refractivity contribution in [3.8, 4) is 0 Å². The van der Waals surface area contributed by atoms with Crippen molar-refractivity contribution < 1.29 is 9.59 Å². The molecule has 0 saturated carbocycles. The van der Waals surface area contributed by atoms with Gasteiger partial charge in [-0.3, -0.25) is 9.59 Å². The van der Waals surface area contributed by atoms with Gasteiger partial charge >= 0.3 is 0 Å². The van der Waals surface area contributed by atoms with Gasteiger partial charge < -0.3 is 10.6 Å². The number of nitrogens with one attached hydrogen (secondary N) is 2. The highest BCUT2D eigenvalue weighted by Crippen LogP contribution is 2.07. The Morgan fingerprint density at radius 3 is 2.40 bits per heavy atom. The predicted molar refractivity (Wildman–Crippen MR) is 83.8 cm³/mol. The summed E-state index contributed by atoms with van der Waals surface area (Å²) in [6, 6.07) is 9.67. The molecule has 2 amide bonds. The third-order valence-corrected chi connectivity index (χ3v) is 3.12. The Bertz CT molecular complexity index is 435. The maximum Gasteiger partial charge on any atom is 0.239 e. The summed E-state index contributed by atoms with van der Waals surface area (Å²) in [6.45, 7) is 4.64. The summed E-state index contributed by atoms with van der Waals surface area (Å²) in [5, 5.41) is 4.90. The van der Waals surface area contributed by atoms with Crippen molar-refractivity contribution >= 4 is 24.4 Å². The third-order valence-electron chi connectivity index (χ3n) is 2.71. The van der Waals surface area contributed by atoms with Crippen LogP contribution in [0.2, 0.25) is 0 Å². The Morgan fingerprint density at radius 1 is 1.15 bits per heavy atom. The summed E-state index contributed by atoms with van der Waals surface area (Å²) < 4.78 is 0. The van der Waals surface area contributed by atoms with Crippen LogP contribution in [0, 0.1) is 5.92 Å². The van der Waals surface area contributed by atoms with Gasteiger partial charge in [-0.25, -0.2) is 0 Å². The van der Waals surface area contributed by atoms with Gasteiger partial charge in [0, 0.05) is 6.54 Å². The molecule has 1 aromatic rings. The molecule has 1 unspecified atom stereocenters. The van der Waals surface area contributed by atoms with E-state index in [9.17, 15) is 9.59 Å². The lowest BCUT2D eigenvalue weighted by atomic mass is 10.1. The zero-order chi connectivity index (χ0) is 15.0. The van der Waals surface area contributed by atoms with Gasteiger partial charge in [0.2, 0.25) is 11.8 Å². The molecule has 1 atom stereocenters. The number of benzene rings is 1. The van der Waals surface area contributed by atoms with E-state index in [0.29, 0.717) is 18.9 Å². The molecule has 5 heteroatoms. The molecule has 4 nitrogen and oxygen atoms in total. The van der Waals surface area contributed by atoms with Crippen molar-refractivity contribution in [2.24, 2.45) is 5.92 Å². The Hall–Kier alpha value is -1.49. The number of hydrogen-bond donors (Lipinski definition) is 3. The van der Waals surface area contributed by atoms with Gasteiger partial charge in [0.15, 0.2) is 0 Å². The molecule has 0 aliphatic heterocycles. The Balaban J connectivity index is 2.30. The minimum atomic E-state index is -0.449. The second kappa shape index (κ2) is 8.64. The first-order valence-corrected chi connectivity index (χ1v) is 7.27. The SMILES string of the molecule is CC(C)CNC(=O)CNC(=O)C(S)Cc1ccccc1. The molecule has 0 aliphatic carbocycles. The normalized spacial score (nSPS) is 12.0. The van der Waals surface area contributed by atoms with Crippen LogP contribution in [-0.2, 0) is 16.0 Å². The Kier molecular flexibility index (Phi) is 7.15. The lowest BCUT2D eigenvalue weighted by molar-refractivity contribution is -0.125. The van der Waals surface area contributed by atoms with Crippen molar-refractivity contribution in [2.75, 3.05) is 13.1 Å². The zero-order valence-electron chi connectivity index (χ0n) is 11.9. The fraction of sp³-hybridized carbons (Fsp3) is 0.467. The topological polar surface area (TPSA) is 58.2 Å². The van der Waals surface area contributed by atoms with E-state index in [1.807, 2.05) is 44.2 Å². The minimum absolute atomic E-state index is 0.00258. The lowest BCUT2D eigenvalue weighted by Gasteiger charge is -2.12. The molecule has 0 radical (unpaired) electrons. The molecule has 0 heterocycles. The van der Waals surface area contributed by atoms with E-state index in [2.05, 4.69) is 23.3 Å². The van der Waals surface area contributed by atoms with Gasteiger partial charge in [0.05, 0.1) is 11.8 Å². The van der Waals surface area contributed by atoms with Crippen LogP contribution in [0.3, 0.4) is 0 Å². The van der Waals surface area contributed by atoms with Crippen molar-refractivity contribution in [3.63, 3.8) is 0 Å². The number of carbonyl (C=O) groups is 2. The molecule has 0 fully saturated rings. The van der Waals surface area contributed by atoms with Crippen LogP contribution < -0.4 is 10.6 Å². The van der Waals surface area contributed by atoms with Crippen molar-refractivity contribution in [3.05, 3.63) is 35.9 Å². The molecular formula is C15H22N2O2S. The minimum Gasteiger partial charge on any atom is -0.354 e. The highest BCUT2D eigenvalue weighted by Gasteiger charge is 2.15. The molecule has 0 bridgehead atoms. The second-order valence-electron chi connectivity index (χ2n) is 5.12. The van der Waals surface area contributed by atoms with Crippen LogP contribution in [0.4, 0.5) is 0 Å². The standard InChI is InChI=1S/C15H22N2O2S/c1-11(2)9-16-14(18)10-17-15(19)13(20)8-12-6-4-3-5-7-12/h3-7,11,13,20H,8-10H2,1-2H3,(H,16,18)(H,17,19). The second-order valence-corrected chi connectivity index (χ2v) is 5.74. The highest BCUT2D eigenvalue weighted by molar-refractivity contribution is 7.81. The average Bonchev–Trinajstić information content (AvgIpc) is 2.43. The first kappa shape index (κ1) is 16.6. The quantitative estimate of drug-likeness (QED) is 0.666. The number of rotatable bonds is 7. The Morgan fingerprint density at radius 2 is 1.80 bits per heavy atom.